The topological polar surface area (TPSA) is 47.6 Å². The van der Waals surface area contributed by atoms with E-state index in [1.807, 2.05) is 0 Å². The molecule has 0 bridgehead atoms. The van der Waals surface area contributed by atoms with Gasteiger partial charge in [0, 0.05) is 22.8 Å². The molecule has 0 unspecified atom stereocenters. The molecule has 0 saturated heterocycles. The lowest BCUT2D eigenvalue weighted by atomic mass is 10.1. The van der Waals surface area contributed by atoms with Gasteiger partial charge in [-0.1, -0.05) is 18.2 Å². The number of methoxy groups -OCH3 is 1. The van der Waals surface area contributed by atoms with Gasteiger partial charge in [-0.25, -0.2) is 4.39 Å². The van der Waals surface area contributed by atoms with Crippen molar-refractivity contribution in [3.05, 3.63) is 58.7 Å². The fourth-order valence-electron chi connectivity index (χ4n) is 2.58. The predicted molar refractivity (Wildman–Crippen MR) is 93.5 cm³/mol. The van der Waals surface area contributed by atoms with Crippen LogP contribution in [0.15, 0.2) is 42.5 Å². The number of anilines is 1. The maximum atomic E-state index is 14.2. The van der Waals surface area contributed by atoms with E-state index in [-0.39, 0.29) is 22.9 Å². The maximum absolute atomic E-state index is 14.2. The first-order valence-electron chi connectivity index (χ1n) is 7.55. The molecule has 1 aromatic heterocycles. The van der Waals surface area contributed by atoms with Gasteiger partial charge in [0.15, 0.2) is 0 Å². The van der Waals surface area contributed by atoms with E-state index in [1.165, 1.54) is 31.4 Å². The zero-order chi connectivity index (χ0) is 18.7. The predicted octanol–water partition coefficient (Wildman–Crippen LogP) is 5.04. The summed E-state index contributed by atoms with van der Waals surface area (Å²) in [6.45, 7) is -2.98. The smallest absolute Gasteiger partial charge is 0.387 e. The van der Waals surface area contributed by atoms with E-state index in [0.29, 0.717) is 15.6 Å². The Balaban J connectivity index is 1.99. The van der Waals surface area contributed by atoms with Crippen molar-refractivity contribution in [3.63, 3.8) is 0 Å². The lowest BCUT2D eigenvalue weighted by Crippen LogP contribution is -2.14. The van der Waals surface area contributed by atoms with Crippen molar-refractivity contribution < 1.29 is 27.4 Å². The highest BCUT2D eigenvalue weighted by atomic mass is 32.1. The van der Waals surface area contributed by atoms with E-state index in [9.17, 15) is 18.0 Å². The number of para-hydroxylation sites is 2. The van der Waals surface area contributed by atoms with Crippen molar-refractivity contribution in [1.29, 1.82) is 0 Å². The zero-order valence-electron chi connectivity index (χ0n) is 13.6. The van der Waals surface area contributed by atoms with Crippen LogP contribution in [0.3, 0.4) is 0 Å². The number of ether oxygens (including phenoxy) is 2. The summed E-state index contributed by atoms with van der Waals surface area (Å²) >= 11 is 1.10. The molecule has 136 valence electrons. The molecular formula is C18H14F3NO3S. The summed E-state index contributed by atoms with van der Waals surface area (Å²) < 4.78 is 49.3. The van der Waals surface area contributed by atoms with Crippen LogP contribution in [0.4, 0.5) is 18.9 Å². The quantitative estimate of drug-likeness (QED) is 0.651. The lowest BCUT2D eigenvalue weighted by Gasteiger charge is -2.11. The molecule has 2 aromatic carbocycles. The van der Waals surface area contributed by atoms with E-state index < -0.39 is 18.3 Å². The van der Waals surface area contributed by atoms with Crippen LogP contribution in [0, 0.1) is 5.82 Å². The molecular weight excluding hydrogens is 367 g/mol. The molecule has 26 heavy (non-hydrogen) atoms. The Morgan fingerprint density at radius 3 is 2.69 bits per heavy atom. The molecule has 1 heterocycles. The summed E-state index contributed by atoms with van der Waals surface area (Å²) in [5, 5.41) is 2.87. The molecule has 8 heteroatoms. The third-order valence-electron chi connectivity index (χ3n) is 3.61. The van der Waals surface area contributed by atoms with Gasteiger partial charge >= 0.3 is 6.61 Å². The van der Waals surface area contributed by atoms with Crippen molar-refractivity contribution in [2.24, 2.45) is 0 Å². The average molecular weight is 381 g/mol. The minimum atomic E-state index is -3.02. The summed E-state index contributed by atoms with van der Waals surface area (Å²) in [7, 11) is 1.44. The highest BCUT2D eigenvalue weighted by Crippen LogP contribution is 2.35. The number of carbonyl (C=O) groups excluding carboxylic acids is 1. The van der Waals surface area contributed by atoms with Crippen LogP contribution >= 0.6 is 11.3 Å². The number of rotatable bonds is 6. The second-order valence-corrected chi connectivity index (χ2v) is 6.34. The van der Waals surface area contributed by atoms with Crippen LogP contribution in [0.1, 0.15) is 15.2 Å². The standard InChI is InChI=1S/C18H14F3NO3S/c1-24-9-10-15-11(19)5-4-8-14(15)26-16(10)17(23)22-12-6-2-3-7-13(12)25-18(20)21/h2-8,18H,9H2,1H3,(H,22,23). The molecule has 4 nitrogen and oxygen atoms in total. The molecule has 3 aromatic rings. The average Bonchev–Trinajstić information content (AvgIpc) is 2.97. The Hall–Kier alpha value is -2.58. The van der Waals surface area contributed by atoms with Crippen LogP contribution < -0.4 is 10.1 Å². The van der Waals surface area contributed by atoms with Crippen LogP contribution in [0.25, 0.3) is 10.1 Å². The molecule has 0 aliphatic rings. The molecule has 1 N–H and O–H groups in total. The zero-order valence-corrected chi connectivity index (χ0v) is 14.4. The van der Waals surface area contributed by atoms with Crippen molar-refractivity contribution in [3.8, 4) is 5.75 Å². The van der Waals surface area contributed by atoms with E-state index >= 15 is 0 Å². The van der Waals surface area contributed by atoms with E-state index in [4.69, 9.17) is 4.74 Å². The van der Waals surface area contributed by atoms with Crippen molar-refractivity contribution >= 4 is 33.0 Å². The number of benzene rings is 2. The number of thiophene rings is 1. The molecule has 0 atom stereocenters. The summed E-state index contributed by atoms with van der Waals surface area (Å²) in [6, 6.07) is 10.4. The Morgan fingerprint density at radius 1 is 1.19 bits per heavy atom. The summed E-state index contributed by atoms with van der Waals surface area (Å²) in [5.74, 6) is -1.16. The van der Waals surface area contributed by atoms with Gasteiger partial charge in [0.25, 0.3) is 5.91 Å². The number of nitrogens with one attached hydrogen (secondary N) is 1. The third kappa shape index (κ3) is 3.66. The fraction of sp³-hybridized carbons (Fsp3) is 0.167. The number of amides is 1. The van der Waals surface area contributed by atoms with Gasteiger partial charge in [-0.05, 0) is 24.3 Å². The third-order valence-corrected chi connectivity index (χ3v) is 4.81. The number of fused-ring (bicyclic) bond motifs is 1. The highest BCUT2D eigenvalue weighted by Gasteiger charge is 2.22. The van der Waals surface area contributed by atoms with Crippen molar-refractivity contribution in [1.82, 2.24) is 0 Å². The van der Waals surface area contributed by atoms with Crippen LogP contribution in [0.2, 0.25) is 0 Å². The molecule has 0 aliphatic carbocycles. The highest BCUT2D eigenvalue weighted by molar-refractivity contribution is 7.21. The van der Waals surface area contributed by atoms with Gasteiger partial charge in [0.05, 0.1) is 17.2 Å². The largest absolute Gasteiger partial charge is 0.433 e. The number of halogens is 3. The Labute approximate surface area is 151 Å². The van der Waals surface area contributed by atoms with Crippen molar-refractivity contribution in [2.45, 2.75) is 13.2 Å². The number of hydrogen-bond acceptors (Lipinski definition) is 4. The molecule has 0 spiro atoms. The van der Waals surface area contributed by atoms with Crippen LogP contribution in [-0.2, 0) is 11.3 Å². The second-order valence-electron chi connectivity index (χ2n) is 5.28. The summed E-state index contributed by atoms with van der Waals surface area (Å²) in [6.07, 6.45) is 0. The van der Waals surface area contributed by atoms with Gasteiger partial charge in [0.1, 0.15) is 11.6 Å². The van der Waals surface area contributed by atoms with Gasteiger partial charge < -0.3 is 14.8 Å². The van der Waals surface area contributed by atoms with Crippen LogP contribution in [-0.4, -0.2) is 19.6 Å². The first kappa shape index (κ1) is 18.2. The molecule has 3 rings (SSSR count). The molecule has 0 radical (unpaired) electrons. The fourth-order valence-corrected chi connectivity index (χ4v) is 3.70. The normalized spacial score (nSPS) is 11.1. The minimum Gasteiger partial charge on any atom is -0.433 e. The molecule has 0 aliphatic heterocycles. The number of carbonyl (C=O) groups is 1. The first-order valence-corrected chi connectivity index (χ1v) is 8.37. The van der Waals surface area contributed by atoms with Crippen molar-refractivity contribution in [2.75, 3.05) is 12.4 Å². The van der Waals surface area contributed by atoms with E-state index in [1.54, 1.807) is 18.2 Å². The van der Waals surface area contributed by atoms with Gasteiger partial charge in [-0.15, -0.1) is 11.3 Å². The lowest BCUT2D eigenvalue weighted by molar-refractivity contribution is -0.0493. The SMILES string of the molecule is COCc1c(C(=O)Nc2ccccc2OC(F)F)sc2cccc(F)c12. The van der Waals surface area contributed by atoms with E-state index in [2.05, 4.69) is 10.1 Å². The first-order chi connectivity index (χ1) is 12.5. The Bertz CT molecular complexity index is 943. The Morgan fingerprint density at radius 2 is 1.96 bits per heavy atom. The van der Waals surface area contributed by atoms with Crippen LogP contribution in [0.5, 0.6) is 5.75 Å². The molecule has 1 amide bonds. The summed E-state index contributed by atoms with van der Waals surface area (Å²) in [4.78, 5) is 13.0. The monoisotopic (exact) mass is 381 g/mol. The maximum Gasteiger partial charge on any atom is 0.387 e. The molecule has 0 fully saturated rings. The number of alkyl halides is 2. The Kier molecular flexibility index (Phi) is 5.43. The van der Waals surface area contributed by atoms with Gasteiger partial charge in [-0.2, -0.15) is 8.78 Å². The van der Waals surface area contributed by atoms with Gasteiger partial charge in [0.2, 0.25) is 0 Å². The molecule has 0 saturated carbocycles. The number of hydrogen-bond donors (Lipinski definition) is 1. The second kappa shape index (κ2) is 7.76. The minimum absolute atomic E-state index is 0.0405. The van der Waals surface area contributed by atoms with E-state index in [0.717, 1.165) is 11.3 Å². The van der Waals surface area contributed by atoms with Gasteiger partial charge in [-0.3, -0.25) is 4.79 Å². The summed E-state index contributed by atoms with van der Waals surface area (Å²) in [5.41, 5.74) is 0.509.